The van der Waals surface area contributed by atoms with Crippen molar-refractivity contribution in [1.82, 2.24) is 15.2 Å². The summed E-state index contributed by atoms with van der Waals surface area (Å²) in [5.41, 5.74) is 2.91. The largest absolute Gasteiger partial charge is 0.464 e. The van der Waals surface area contributed by atoms with Crippen LogP contribution in [0.15, 0.2) is 52.5 Å². The molecule has 3 aromatic rings. The average Bonchev–Trinajstić information content (AvgIpc) is 3.57. The molecule has 0 saturated carbocycles. The average molecular weight is 452 g/mol. The van der Waals surface area contributed by atoms with Crippen LogP contribution in [0.3, 0.4) is 0 Å². The van der Waals surface area contributed by atoms with E-state index < -0.39 is 0 Å². The van der Waals surface area contributed by atoms with E-state index in [1.807, 2.05) is 24.4 Å². The van der Waals surface area contributed by atoms with Gasteiger partial charge in [0.15, 0.2) is 0 Å². The molecule has 2 saturated heterocycles. The number of benzene rings is 1. The van der Waals surface area contributed by atoms with Crippen molar-refractivity contribution in [1.29, 1.82) is 0 Å². The maximum Gasteiger partial charge on any atom is 0.270 e. The molecule has 5 rings (SSSR count). The van der Waals surface area contributed by atoms with Gasteiger partial charge in [-0.25, -0.2) is 4.98 Å². The van der Waals surface area contributed by atoms with E-state index in [4.69, 9.17) is 9.15 Å². The van der Waals surface area contributed by atoms with Crippen molar-refractivity contribution in [2.24, 2.45) is 0 Å². The lowest BCUT2D eigenvalue weighted by Gasteiger charge is -2.39. The summed E-state index contributed by atoms with van der Waals surface area (Å²) < 4.78 is 11.9. The van der Waals surface area contributed by atoms with Crippen molar-refractivity contribution in [3.05, 3.63) is 64.3 Å². The van der Waals surface area contributed by atoms with Gasteiger partial charge in [0.1, 0.15) is 11.5 Å². The van der Waals surface area contributed by atoms with Gasteiger partial charge >= 0.3 is 0 Å². The summed E-state index contributed by atoms with van der Waals surface area (Å²) in [5.74, 6) is 0.800. The third-order valence-corrected chi connectivity index (χ3v) is 7.39. The smallest absolute Gasteiger partial charge is 0.270 e. The number of aryl methyl sites for hydroxylation is 1. The zero-order valence-electron chi connectivity index (χ0n) is 18.4. The second kappa shape index (κ2) is 9.17. The molecule has 6 nitrogen and oxygen atoms in total. The number of ether oxygens (including phenoxy) is 1. The van der Waals surface area contributed by atoms with Crippen molar-refractivity contribution in [3.8, 4) is 11.3 Å². The molecule has 7 heteroatoms. The number of rotatable bonds is 6. The summed E-state index contributed by atoms with van der Waals surface area (Å²) in [7, 11) is 0. The minimum atomic E-state index is -0.105. The van der Waals surface area contributed by atoms with Crippen LogP contribution in [0.25, 0.3) is 11.3 Å². The first-order valence-corrected chi connectivity index (χ1v) is 12.2. The van der Waals surface area contributed by atoms with Crippen molar-refractivity contribution < 1.29 is 13.9 Å². The molecular weight excluding hydrogens is 422 g/mol. The molecule has 0 aliphatic carbocycles. The van der Waals surface area contributed by atoms with E-state index in [0.717, 1.165) is 61.6 Å². The summed E-state index contributed by atoms with van der Waals surface area (Å²) in [4.78, 5) is 19.0. The Morgan fingerprint density at radius 3 is 2.72 bits per heavy atom. The maximum atomic E-state index is 12.3. The number of furan rings is 1. The van der Waals surface area contributed by atoms with Crippen LogP contribution in [0, 0.1) is 6.92 Å². The van der Waals surface area contributed by atoms with Crippen molar-refractivity contribution in [3.63, 3.8) is 0 Å². The van der Waals surface area contributed by atoms with Gasteiger partial charge in [-0.15, -0.1) is 11.3 Å². The van der Waals surface area contributed by atoms with E-state index in [1.165, 1.54) is 16.9 Å². The van der Waals surface area contributed by atoms with Gasteiger partial charge in [-0.1, -0.05) is 24.3 Å². The lowest BCUT2D eigenvalue weighted by Crippen LogP contribution is -2.44. The first kappa shape index (κ1) is 21.4. The summed E-state index contributed by atoms with van der Waals surface area (Å²) in [6.07, 6.45) is 5.98. The molecule has 2 fully saturated rings. The Morgan fingerprint density at radius 2 is 2.03 bits per heavy atom. The van der Waals surface area contributed by atoms with Crippen LogP contribution >= 0.6 is 11.3 Å². The van der Waals surface area contributed by atoms with Crippen LogP contribution < -0.4 is 5.32 Å². The molecule has 0 bridgehead atoms. The first-order chi connectivity index (χ1) is 15.6. The van der Waals surface area contributed by atoms with E-state index in [2.05, 4.69) is 39.5 Å². The number of likely N-dealkylation sites (tertiary alicyclic amines) is 1. The number of carbonyl (C=O) groups excluding carboxylic acids is 1. The lowest BCUT2D eigenvalue weighted by molar-refractivity contribution is -0.0764. The fraction of sp³-hybridized carbons (Fsp3) is 0.440. The molecule has 1 aromatic carbocycles. The van der Waals surface area contributed by atoms with Gasteiger partial charge in [0.25, 0.3) is 5.91 Å². The van der Waals surface area contributed by atoms with E-state index in [1.54, 1.807) is 6.26 Å². The number of aromatic nitrogens is 1. The predicted octanol–water partition coefficient (Wildman–Crippen LogP) is 4.66. The summed E-state index contributed by atoms with van der Waals surface area (Å²) in [5, 5.41) is 5.71. The topological polar surface area (TPSA) is 67.6 Å². The Morgan fingerprint density at radius 1 is 1.22 bits per heavy atom. The highest BCUT2D eigenvalue weighted by Gasteiger charge is 2.42. The van der Waals surface area contributed by atoms with Crippen LogP contribution in [-0.4, -0.2) is 47.1 Å². The van der Waals surface area contributed by atoms with Crippen molar-refractivity contribution in [2.75, 3.05) is 19.6 Å². The highest BCUT2D eigenvalue weighted by Crippen LogP contribution is 2.39. The normalized spacial score (nSPS) is 20.6. The van der Waals surface area contributed by atoms with Gasteiger partial charge < -0.3 is 14.5 Å². The Labute approximate surface area is 192 Å². The molecule has 1 unspecified atom stereocenters. The van der Waals surface area contributed by atoms with Gasteiger partial charge in [-0.05, 0) is 50.3 Å². The monoisotopic (exact) mass is 451 g/mol. The molecule has 32 heavy (non-hydrogen) atoms. The molecule has 2 aliphatic rings. The van der Waals surface area contributed by atoms with Crippen LogP contribution in [0.4, 0.5) is 0 Å². The van der Waals surface area contributed by atoms with Crippen LogP contribution in [0.1, 0.15) is 46.7 Å². The molecule has 1 spiro atoms. The van der Waals surface area contributed by atoms with E-state index >= 15 is 0 Å². The van der Waals surface area contributed by atoms with Crippen molar-refractivity contribution in [2.45, 2.75) is 50.9 Å². The van der Waals surface area contributed by atoms with Gasteiger partial charge in [-0.3, -0.25) is 9.69 Å². The molecule has 1 amide bonds. The molecule has 1 atom stereocenters. The second-order valence-electron chi connectivity index (χ2n) is 8.87. The zero-order valence-corrected chi connectivity index (χ0v) is 19.2. The molecule has 1 N–H and O–H groups in total. The SMILES string of the molecule is Cc1nc(C(=O)NCC2CCC3(CCN(Cc4ccc(-c5ccco5)cc4)CC3)O2)cs1. The number of amides is 1. The minimum Gasteiger partial charge on any atom is -0.464 e. The van der Waals surface area contributed by atoms with Gasteiger partial charge in [0.05, 0.1) is 23.0 Å². The summed E-state index contributed by atoms with van der Waals surface area (Å²) >= 11 is 1.50. The Bertz CT molecular complexity index is 1040. The number of nitrogens with one attached hydrogen (secondary N) is 1. The van der Waals surface area contributed by atoms with Gasteiger partial charge in [0.2, 0.25) is 0 Å². The number of hydrogen-bond acceptors (Lipinski definition) is 6. The molecule has 2 aromatic heterocycles. The molecular formula is C25H29N3O3S. The van der Waals surface area contributed by atoms with Gasteiger partial charge in [-0.2, -0.15) is 0 Å². The molecule has 0 radical (unpaired) electrons. The minimum absolute atomic E-state index is 0.0216. The Hall–Kier alpha value is -2.48. The fourth-order valence-electron chi connectivity index (χ4n) is 4.77. The summed E-state index contributed by atoms with van der Waals surface area (Å²) in [6, 6.07) is 12.5. The summed E-state index contributed by atoms with van der Waals surface area (Å²) in [6.45, 7) is 5.51. The standard InChI is InChI=1S/C25H29N3O3S/c1-18-27-22(17-32-18)24(29)26-15-21-8-9-25(31-21)10-12-28(13-11-25)16-19-4-6-20(7-5-19)23-3-2-14-30-23/h2-7,14,17,21H,8-13,15-16H2,1H3,(H,26,29). The van der Waals surface area contributed by atoms with E-state index in [9.17, 15) is 4.79 Å². The first-order valence-electron chi connectivity index (χ1n) is 11.3. The van der Waals surface area contributed by atoms with Gasteiger partial charge in [0, 0.05) is 37.1 Å². The number of piperidine rings is 1. The zero-order chi connectivity index (χ0) is 22.0. The highest BCUT2D eigenvalue weighted by molar-refractivity contribution is 7.09. The molecule has 168 valence electrons. The predicted molar refractivity (Wildman–Crippen MR) is 125 cm³/mol. The van der Waals surface area contributed by atoms with Crippen LogP contribution in [-0.2, 0) is 11.3 Å². The second-order valence-corrected chi connectivity index (χ2v) is 9.94. The Balaban J connectivity index is 1.08. The molecule has 2 aliphatic heterocycles. The Kier molecular flexibility index (Phi) is 6.13. The van der Waals surface area contributed by atoms with Crippen molar-refractivity contribution >= 4 is 17.2 Å². The van der Waals surface area contributed by atoms with Crippen LogP contribution in [0.2, 0.25) is 0 Å². The number of nitrogens with zero attached hydrogens (tertiary/aromatic N) is 2. The lowest BCUT2D eigenvalue weighted by atomic mass is 9.88. The van der Waals surface area contributed by atoms with Crippen LogP contribution in [0.5, 0.6) is 0 Å². The quantitative estimate of drug-likeness (QED) is 0.591. The maximum absolute atomic E-state index is 12.3. The van der Waals surface area contributed by atoms with E-state index in [-0.39, 0.29) is 17.6 Å². The number of carbonyl (C=O) groups is 1. The van der Waals surface area contributed by atoms with E-state index in [0.29, 0.717) is 12.2 Å². The number of hydrogen-bond donors (Lipinski definition) is 1. The highest BCUT2D eigenvalue weighted by atomic mass is 32.1. The number of thiazole rings is 1. The third-order valence-electron chi connectivity index (χ3n) is 6.61. The fourth-order valence-corrected chi connectivity index (χ4v) is 5.36. The molecule has 4 heterocycles. The third kappa shape index (κ3) is 4.80.